The topological polar surface area (TPSA) is 0 Å². The van der Waals surface area contributed by atoms with Crippen molar-refractivity contribution in [3.05, 3.63) is 58.7 Å². The molecule has 0 radical (unpaired) electrons. The van der Waals surface area contributed by atoms with Gasteiger partial charge in [0.2, 0.25) is 0 Å². The molecule has 0 spiro atoms. The molecule has 0 saturated heterocycles. The van der Waals surface area contributed by atoms with Crippen molar-refractivity contribution in [1.29, 1.82) is 0 Å². The monoisotopic (exact) mass is 346 g/mol. The van der Waals surface area contributed by atoms with Crippen LogP contribution in [0.15, 0.2) is 36.4 Å². The Morgan fingerprint density at radius 3 is 0.950 bits per heavy atom. The number of rotatable bonds is 5. The third-order valence-corrected chi connectivity index (χ3v) is 4.45. The third kappa shape index (κ3) is 3.09. The molecule has 0 bridgehead atoms. The molecule has 0 aliphatic heterocycles. The molecule has 0 amide bonds. The van der Waals surface area contributed by atoms with Crippen LogP contribution in [0.25, 0.3) is 11.1 Å². The largest absolute Gasteiger partial charge is 0.122 e. The lowest BCUT2D eigenvalue weighted by atomic mass is 9.89. The first-order chi connectivity index (χ1) is 9.76. The lowest BCUT2D eigenvalue weighted by molar-refractivity contribution is 1.26. The summed E-state index contributed by atoms with van der Waals surface area (Å²) in [6.45, 7) is 0. The van der Waals surface area contributed by atoms with Gasteiger partial charge in [-0.15, -0.1) is 46.4 Å². The first-order valence-electron chi connectivity index (χ1n) is 6.22. The molecule has 4 heteroatoms. The summed E-state index contributed by atoms with van der Waals surface area (Å²) >= 11 is 24.4. The average Bonchev–Trinajstić information content (AvgIpc) is 2.52. The highest BCUT2D eigenvalue weighted by atomic mass is 35.5. The first-order valence-corrected chi connectivity index (χ1v) is 8.36. The van der Waals surface area contributed by atoms with Crippen LogP contribution < -0.4 is 0 Å². The lowest BCUT2D eigenvalue weighted by Crippen LogP contribution is -1.99. The molecule has 0 aliphatic carbocycles. The number of halogens is 4. The molecule has 0 fully saturated rings. The fraction of sp³-hybridized carbons (Fsp3) is 0.250. The Bertz CT molecular complexity index is 495. The van der Waals surface area contributed by atoms with Crippen LogP contribution in [0.3, 0.4) is 0 Å². The second kappa shape index (κ2) is 7.56. The quantitative estimate of drug-likeness (QED) is 0.556. The van der Waals surface area contributed by atoms with E-state index in [0.717, 1.165) is 33.4 Å². The van der Waals surface area contributed by atoms with E-state index in [9.17, 15) is 0 Å². The van der Waals surface area contributed by atoms with Crippen molar-refractivity contribution in [2.24, 2.45) is 0 Å². The van der Waals surface area contributed by atoms with Gasteiger partial charge in [-0.05, 0) is 33.4 Å². The average molecular weight is 348 g/mol. The van der Waals surface area contributed by atoms with Crippen molar-refractivity contribution >= 4 is 46.4 Å². The Balaban J connectivity index is 2.79. The number of alkyl halides is 4. The zero-order valence-corrected chi connectivity index (χ0v) is 13.8. The molecule has 0 atom stereocenters. The minimum Gasteiger partial charge on any atom is -0.122 e. The highest BCUT2D eigenvalue weighted by molar-refractivity contribution is 6.20. The maximum absolute atomic E-state index is 6.09. The molecule has 0 aliphatic rings. The predicted octanol–water partition coefficient (Wildman–Crippen LogP) is 6.31. The van der Waals surface area contributed by atoms with Crippen LogP contribution in [0.4, 0.5) is 0 Å². The van der Waals surface area contributed by atoms with Gasteiger partial charge in [-0.3, -0.25) is 0 Å². The number of hydrogen-bond acceptors (Lipinski definition) is 0. The standard InChI is InChI=1S/C16H14Cl4/c17-7-11-3-1-4-12(8-18)15(11)16-13(9-19)5-2-6-14(16)10-20/h1-6H,7-10H2. The number of hydrogen-bond donors (Lipinski definition) is 0. The Kier molecular flexibility index (Phi) is 6.04. The van der Waals surface area contributed by atoms with E-state index in [0.29, 0.717) is 23.5 Å². The van der Waals surface area contributed by atoms with E-state index < -0.39 is 0 Å². The van der Waals surface area contributed by atoms with Crippen molar-refractivity contribution in [2.75, 3.05) is 0 Å². The Labute approximate surface area is 139 Å². The van der Waals surface area contributed by atoms with Gasteiger partial charge in [0.05, 0.1) is 0 Å². The van der Waals surface area contributed by atoms with E-state index in [2.05, 4.69) is 0 Å². The van der Waals surface area contributed by atoms with E-state index in [-0.39, 0.29) is 0 Å². The molecule has 0 heterocycles. The molecular weight excluding hydrogens is 334 g/mol. The zero-order valence-electron chi connectivity index (χ0n) is 10.8. The highest BCUT2D eigenvalue weighted by Crippen LogP contribution is 2.36. The summed E-state index contributed by atoms with van der Waals surface area (Å²) < 4.78 is 0. The molecular formula is C16H14Cl4. The minimum atomic E-state index is 0.429. The van der Waals surface area contributed by atoms with Crippen molar-refractivity contribution in [1.82, 2.24) is 0 Å². The second-order valence-corrected chi connectivity index (χ2v) is 5.51. The summed E-state index contributed by atoms with van der Waals surface area (Å²) in [5.41, 5.74) is 6.35. The SMILES string of the molecule is ClCc1cccc(CCl)c1-c1c(CCl)cccc1CCl. The van der Waals surface area contributed by atoms with Crippen LogP contribution in [0.1, 0.15) is 22.3 Å². The summed E-state index contributed by atoms with van der Waals surface area (Å²) in [7, 11) is 0. The van der Waals surface area contributed by atoms with Crippen molar-refractivity contribution < 1.29 is 0 Å². The van der Waals surface area contributed by atoms with Gasteiger partial charge in [-0.2, -0.15) is 0 Å². The smallest absolute Gasteiger partial charge is 0.0480 e. The van der Waals surface area contributed by atoms with E-state index in [4.69, 9.17) is 46.4 Å². The van der Waals surface area contributed by atoms with Crippen molar-refractivity contribution in [3.63, 3.8) is 0 Å². The van der Waals surface area contributed by atoms with Crippen LogP contribution in [-0.2, 0) is 23.5 Å². The normalized spacial score (nSPS) is 10.8. The summed E-state index contributed by atoms with van der Waals surface area (Å²) in [6, 6.07) is 12.0. The van der Waals surface area contributed by atoms with Crippen LogP contribution in [0.5, 0.6) is 0 Å². The molecule has 0 aromatic heterocycles. The zero-order chi connectivity index (χ0) is 14.5. The lowest BCUT2D eigenvalue weighted by Gasteiger charge is -2.18. The Hall–Kier alpha value is -0.400. The third-order valence-electron chi connectivity index (χ3n) is 3.30. The Morgan fingerprint density at radius 2 is 0.750 bits per heavy atom. The molecule has 2 aromatic rings. The van der Waals surface area contributed by atoms with Crippen molar-refractivity contribution in [2.45, 2.75) is 23.5 Å². The fourth-order valence-corrected chi connectivity index (χ4v) is 3.29. The summed E-state index contributed by atoms with van der Waals surface area (Å²) in [4.78, 5) is 0. The summed E-state index contributed by atoms with van der Waals surface area (Å²) in [5.74, 6) is 1.72. The second-order valence-electron chi connectivity index (χ2n) is 4.44. The molecule has 106 valence electrons. The van der Waals surface area contributed by atoms with Gasteiger partial charge in [-0.1, -0.05) is 36.4 Å². The summed E-state index contributed by atoms with van der Waals surface area (Å²) in [5, 5.41) is 0. The van der Waals surface area contributed by atoms with Gasteiger partial charge in [0.15, 0.2) is 0 Å². The van der Waals surface area contributed by atoms with Crippen LogP contribution in [-0.4, -0.2) is 0 Å². The van der Waals surface area contributed by atoms with Crippen molar-refractivity contribution in [3.8, 4) is 11.1 Å². The molecule has 0 nitrogen and oxygen atoms in total. The maximum Gasteiger partial charge on any atom is 0.0480 e. The number of benzene rings is 2. The van der Waals surface area contributed by atoms with Gasteiger partial charge in [0, 0.05) is 23.5 Å². The molecule has 2 rings (SSSR count). The fourth-order valence-electron chi connectivity index (χ4n) is 2.39. The molecule has 0 unspecified atom stereocenters. The minimum absolute atomic E-state index is 0.429. The maximum atomic E-state index is 6.09. The molecule has 0 saturated carbocycles. The van der Waals surface area contributed by atoms with E-state index in [1.54, 1.807) is 0 Å². The molecule has 0 N–H and O–H groups in total. The van der Waals surface area contributed by atoms with Gasteiger partial charge in [-0.25, -0.2) is 0 Å². The van der Waals surface area contributed by atoms with E-state index >= 15 is 0 Å². The van der Waals surface area contributed by atoms with Gasteiger partial charge in [0.25, 0.3) is 0 Å². The molecule has 2 aromatic carbocycles. The predicted molar refractivity (Wildman–Crippen MR) is 90.1 cm³/mol. The van der Waals surface area contributed by atoms with E-state index in [1.165, 1.54) is 0 Å². The summed E-state index contributed by atoms with van der Waals surface area (Å²) in [6.07, 6.45) is 0. The Morgan fingerprint density at radius 1 is 0.500 bits per heavy atom. The van der Waals surface area contributed by atoms with Gasteiger partial charge >= 0.3 is 0 Å². The first kappa shape index (κ1) is 16.0. The van der Waals surface area contributed by atoms with Crippen LogP contribution in [0, 0.1) is 0 Å². The van der Waals surface area contributed by atoms with Gasteiger partial charge in [0.1, 0.15) is 0 Å². The molecule has 20 heavy (non-hydrogen) atoms. The van der Waals surface area contributed by atoms with Gasteiger partial charge < -0.3 is 0 Å². The van der Waals surface area contributed by atoms with E-state index in [1.807, 2.05) is 36.4 Å². The highest BCUT2D eigenvalue weighted by Gasteiger charge is 2.16. The van der Waals surface area contributed by atoms with Crippen LogP contribution in [0.2, 0.25) is 0 Å². The van der Waals surface area contributed by atoms with Crippen LogP contribution >= 0.6 is 46.4 Å².